The van der Waals surface area contributed by atoms with Gasteiger partial charge in [0.15, 0.2) is 0 Å². The molecule has 0 aliphatic carbocycles. The summed E-state index contributed by atoms with van der Waals surface area (Å²) in [5.74, 6) is 1.46. The van der Waals surface area contributed by atoms with Crippen molar-refractivity contribution < 1.29 is 23.8 Å². The third-order valence-corrected chi connectivity index (χ3v) is 4.82. The Labute approximate surface area is 164 Å². The number of anilines is 1. The number of benzene rings is 2. The van der Waals surface area contributed by atoms with Gasteiger partial charge < -0.3 is 24.4 Å². The number of carbonyl (C=O) groups is 2. The summed E-state index contributed by atoms with van der Waals surface area (Å²) < 4.78 is 15.7. The van der Waals surface area contributed by atoms with Crippen molar-refractivity contribution in [2.24, 2.45) is 5.92 Å². The zero-order valence-corrected chi connectivity index (χ0v) is 16.2. The average molecular weight is 384 g/mol. The summed E-state index contributed by atoms with van der Waals surface area (Å²) in [5, 5.41) is 2.90. The highest BCUT2D eigenvalue weighted by molar-refractivity contribution is 6.00. The summed E-state index contributed by atoms with van der Waals surface area (Å²) in [6, 6.07) is 12.6. The van der Waals surface area contributed by atoms with E-state index in [-0.39, 0.29) is 18.2 Å². The van der Waals surface area contributed by atoms with Crippen LogP contribution in [0.4, 0.5) is 5.69 Å². The summed E-state index contributed by atoms with van der Waals surface area (Å²) in [6.07, 6.45) is 0.188. The van der Waals surface area contributed by atoms with Crippen molar-refractivity contribution in [1.29, 1.82) is 0 Å². The molecule has 1 aliphatic heterocycles. The van der Waals surface area contributed by atoms with Gasteiger partial charge in [-0.3, -0.25) is 9.59 Å². The molecule has 1 heterocycles. The molecule has 1 N–H and O–H groups in total. The number of nitrogens with one attached hydrogen (secondary N) is 1. The summed E-state index contributed by atoms with van der Waals surface area (Å²) in [6.45, 7) is 0.651. The van der Waals surface area contributed by atoms with E-state index < -0.39 is 5.92 Å². The second-order valence-electron chi connectivity index (χ2n) is 6.50. The zero-order valence-electron chi connectivity index (χ0n) is 16.2. The Hall–Kier alpha value is -3.22. The predicted octanol–water partition coefficient (Wildman–Crippen LogP) is 2.38. The second-order valence-corrected chi connectivity index (χ2v) is 6.50. The van der Waals surface area contributed by atoms with Crippen molar-refractivity contribution in [3.63, 3.8) is 0 Å². The molecule has 28 heavy (non-hydrogen) atoms. The van der Waals surface area contributed by atoms with Gasteiger partial charge in [0.1, 0.15) is 17.2 Å². The largest absolute Gasteiger partial charge is 0.497 e. The van der Waals surface area contributed by atoms with Crippen LogP contribution in [0, 0.1) is 5.92 Å². The highest BCUT2D eigenvalue weighted by Crippen LogP contribution is 2.28. The molecule has 7 heteroatoms. The highest BCUT2D eigenvalue weighted by atomic mass is 16.5. The Bertz CT molecular complexity index is 850. The molecular weight excluding hydrogens is 360 g/mol. The van der Waals surface area contributed by atoms with Gasteiger partial charge in [0.2, 0.25) is 11.8 Å². The van der Waals surface area contributed by atoms with Gasteiger partial charge in [-0.1, -0.05) is 0 Å². The molecule has 2 aromatic rings. The lowest BCUT2D eigenvalue weighted by Gasteiger charge is -2.17. The fraction of sp³-hybridized carbons (Fsp3) is 0.333. The van der Waals surface area contributed by atoms with Crippen LogP contribution in [0.2, 0.25) is 0 Å². The van der Waals surface area contributed by atoms with Crippen LogP contribution in [-0.2, 0) is 16.1 Å². The number of amides is 2. The lowest BCUT2D eigenvalue weighted by molar-refractivity contribution is -0.126. The SMILES string of the molecule is COc1ccc(N2CC(C(=O)NCc3cc(OC)ccc3OC)CC2=O)cc1. The van der Waals surface area contributed by atoms with Gasteiger partial charge in [-0.15, -0.1) is 0 Å². The maximum Gasteiger partial charge on any atom is 0.227 e. The van der Waals surface area contributed by atoms with Gasteiger partial charge in [0, 0.05) is 30.8 Å². The Morgan fingerprint density at radius 2 is 1.71 bits per heavy atom. The third-order valence-electron chi connectivity index (χ3n) is 4.82. The van der Waals surface area contributed by atoms with Crippen LogP contribution in [0.1, 0.15) is 12.0 Å². The van der Waals surface area contributed by atoms with E-state index in [4.69, 9.17) is 14.2 Å². The number of methoxy groups -OCH3 is 3. The molecule has 1 fully saturated rings. The maximum absolute atomic E-state index is 12.6. The van der Waals surface area contributed by atoms with Crippen LogP contribution in [-0.4, -0.2) is 39.7 Å². The summed E-state index contributed by atoms with van der Waals surface area (Å²) in [4.78, 5) is 26.6. The zero-order chi connectivity index (χ0) is 20.1. The first-order valence-electron chi connectivity index (χ1n) is 8.98. The molecule has 0 spiro atoms. The number of hydrogen-bond acceptors (Lipinski definition) is 5. The molecule has 1 saturated heterocycles. The van der Waals surface area contributed by atoms with E-state index in [0.717, 1.165) is 17.0 Å². The summed E-state index contributed by atoms with van der Waals surface area (Å²) in [5.41, 5.74) is 1.57. The fourth-order valence-corrected chi connectivity index (χ4v) is 3.24. The van der Waals surface area contributed by atoms with Gasteiger partial charge in [0.05, 0.1) is 27.2 Å². The lowest BCUT2D eigenvalue weighted by Crippen LogP contribution is -2.32. The molecule has 1 unspecified atom stereocenters. The van der Waals surface area contributed by atoms with E-state index in [9.17, 15) is 9.59 Å². The molecular formula is C21H24N2O5. The molecule has 1 aliphatic rings. The minimum absolute atomic E-state index is 0.0655. The van der Waals surface area contributed by atoms with Gasteiger partial charge in [0.25, 0.3) is 0 Å². The van der Waals surface area contributed by atoms with E-state index in [2.05, 4.69) is 5.32 Å². The lowest BCUT2D eigenvalue weighted by atomic mass is 10.1. The Kier molecular flexibility index (Phi) is 6.03. The number of nitrogens with zero attached hydrogens (tertiary/aromatic N) is 1. The number of hydrogen-bond donors (Lipinski definition) is 1. The van der Waals surface area contributed by atoms with Gasteiger partial charge in [-0.25, -0.2) is 0 Å². The van der Waals surface area contributed by atoms with Crippen LogP contribution < -0.4 is 24.4 Å². The van der Waals surface area contributed by atoms with Gasteiger partial charge >= 0.3 is 0 Å². The number of carbonyl (C=O) groups excluding carboxylic acids is 2. The van der Waals surface area contributed by atoms with Crippen LogP contribution >= 0.6 is 0 Å². The Balaban J connectivity index is 1.63. The van der Waals surface area contributed by atoms with Crippen LogP contribution in [0.25, 0.3) is 0 Å². The highest BCUT2D eigenvalue weighted by Gasteiger charge is 2.35. The first kappa shape index (κ1) is 19.5. The second kappa shape index (κ2) is 8.65. The topological polar surface area (TPSA) is 77.1 Å². The minimum Gasteiger partial charge on any atom is -0.497 e. The maximum atomic E-state index is 12.6. The standard InChI is InChI=1S/C21H24N2O5/c1-26-17-6-4-16(5-7-17)23-13-15(11-20(23)24)21(25)22-12-14-10-18(27-2)8-9-19(14)28-3/h4-10,15H,11-13H2,1-3H3,(H,22,25). The monoisotopic (exact) mass is 384 g/mol. The fourth-order valence-electron chi connectivity index (χ4n) is 3.24. The van der Waals surface area contributed by atoms with E-state index in [1.165, 1.54) is 0 Å². The Morgan fingerprint density at radius 3 is 2.36 bits per heavy atom. The third kappa shape index (κ3) is 4.19. The smallest absolute Gasteiger partial charge is 0.227 e. The van der Waals surface area contributed by atoms with E-state index in [0.29, 0.717) is 24.6 Å². The normalized spacial score (nSPS) is 16.0. The van der Waals surface area contributed by atoms with Crippen molar-refractivity contribution in [3.05, 3.63) is 48.0 Å². The van der Waals surface area contributed by atoms with Crippen LogP contribution in [0.5, 0.6) is 17.2 Å². The first-order chi connectivity index (χ1) is 13.5. The van der Waals surface area contributed by atoms with Crippen molar-refractivity contribution in [2.75, 3.05) is 32.8 Å². The van der Waals surface area contributed by atoms with E-state index >= 15 is 0 Å². The molecule has 2 amide bonds. The van der Waals surface area contributed by atoms with Crippen molar-refractivity contribution >= 4 is 17.5 Å². The quantitative estimate of drug-likeness (QED) is 0.793. The molecule has 0 saturated carbocycles. The predicted molar refractivity (Wildman–Crippen MR) is 105 cm³/mol. The molecule has 7 nitrogen and oxygen atoms in total. The van der Waals surface area contributed by atoms with Crippen molar-refractivity contribution in [3.8, 4) is 17.2 Å². The first-order valence-corrected chi connectivity index (χ1v) is 8.98. The minimum atomic E-state index is -0.397. The number of ether oxygens (including phenoxy) is 3. The average Bonchev–Trinajstić information content (AvgIpc) is 3.13. The Morgan fingerprint density at radius 1 is 1.04 bits per heavy atom. The molecule has 148 valence electrons. The molecule has 1 atom stereocenters. The van der Waals surface area contributed by atoms with Crippen molar-refractivity contribution in [2.45, 2.75) is 13.0 Å². The molecule has 0 bridgehead atoms. The van der Waals surface area contributed by atoms with E-state index in [1.807, 2.05) is 18.2 Å². The van der Waals surface area contributed by atoms with Gasteiger partial charge in [-0.05, 0) is 42.5 Å². The molecule has 2 aromatic carbocycles. The van der Waals surface area contributed by atoms with Gasteiger partial charge in [-0.2, -0.15) is 0 Å². The summed E-state index contributed by atoms with van der Waals surface area (Å²) >= 11 is 0. The van der Waals surface area contributed by atoms with Crippen LogP contribution in [0.3, 0.4) is 0 Å². The molecule has 3 rings (SSSR count). The number of rotatable bonds is 7. The summed E-state index contributed by atoms with van der Waals surface area (Å²) in [7, 11) is 4.76. The molecule has 0 aromatic heterocycles. The van der Waals surface area contributed by atoms with Crippen molar-refractivity contribution in [1.82, 2.24) is 5.32 Å². The van der Waals surface area contributed by atoms with Crippen LogP contribution in [0.15, 0.2) is 42.5 Å². The van der Waals surface area contributed by atoms with E-state index in [1.54, 1.807) is 50.5 Å². The molecule has 0 radical (unpaired) electrons.